The molecule has 0 saturated heterocycles. The molecule has 5 rings (SSSR count). The highest BCUT2D eigenvalue weighted by Gasteiger charge is 2.71. The van der Waals surface area contributed by atoms with Crippen molar-refractivity contribution in [3.63, 3.8) is 0 Å². The van der Waals surface area contributed by atoms with Crippen LogP contribution in [0.15, 0.2) is 12.2 Å². The van der Waals surface area contributed by atoms with E-state index in [9.17, 15) is 19.5 Å². The molecule has 0 aromatic heterocycles. The average Bonchev–Trinajstić information content (AvgIpc) is 3.44. The summed E-state index contributed by atoms with van der Waals surface area (Å²) >= 11 is 0. The lowest BCUT2D eigenvalue weighted by Crippen LogP contribution is -2.67. The van der Waals surface area contributed by atoms with Gasteiger partial charge in [-0.2, -0.15) is 0 Å². The van der Waals surface area contributed by atoms with Crippen molar-refractivity contribution in [2.24, 2.45) is 62.6 Å². The van der Waals surface area contributed by atoms with Gasteiger partial charge in [-0.15, -0.1) is 0 Å². The molecule has 49 heavy (non-hydrogen) atoms. The van der Waals surface area contributed by atoms with Crippen LogP contribution in [0.1, 0.15) is 151 Å². The zero-order valence-electron chi connectivity index (χ0n) is 32.1. The van der Waals surface area contributed by atoms with Gasteiger partial charge in [-0.25, -0.2) is 0 Å². The lowest BCUT2D eigenvalue weighted by Gasteiger charge is -2.72. The lowest BCUT2D eigenvalue weighted by atomic mass is 9.32. The van der Waals surface area contributed by atoms with Gasteiger partial charge in [0, 0.05) is 19.5 Å². The number of amides is 2. The van der Waals surface area contributed by atoms with Gasteiger partial charge in [-0.3, -0.25) is 14.4 Å². The molecule has 7 nitrogen and oxygen atoms in total. The monoisotopic (exact) mass is 683 g/mol. The summed E-state index contributed by atoms with van der Waals surface area (Å²) in [7, 11) is 0. The number of aliphatic hydroxyl groups excluding tert-OH is 1. The molecule has 5 aliphatic carbocycles. The predicted octanol–water partition coefficient (Wildman–Crippen LogP) is 8.30. The van der Waals surface area contributed by atoms with E-state index < -0.39 is 11.9 Å². The Labute approximate surface area is 297 Å². The first-order valence-electron chi connectivity index (χ1n) is 20.1. The molecule has 0 aromatic rings. The van der Waals surface area contributed by atoms with Crippen molar-refractivity contribution in [3.8, 4) is 0 Å². The highest BCUT2D eigenvalue weighted by atomic mass is 16.4. The summed E-state index contributed by atoms with van der Waals surface area (Å²) in [5, 5.41) is 26.2. The van der Waals surface area contributed by atoms with E-state index in [0.29, 0.717) is 48.5 Å². The molecule has 0 aliphatic heterocycles. The molecule has 0 heterocycles. The molecule has 0 unspecified atom stereocenters. The van der Waals surface area contributed by atoms with E-state index in [4.69, 9.17) is 5.11 Å². The zero-order valence-corrected chi connectivity index (χ0v) is 32.1. The van der Waals surface area contributed by atoms with E-state index in [1.54, 1.807) is 6.92 Å². The molecular formula is C42H70N2O5. The molecule has 2 amide bonds. The number of hydrogen-bond acceptors (Lipinski definition) is 4. The molecule has 5 saturated carbocycles. The maximum Gasteiger partial charge on any atom is 0.308 e. The fourth-order valence-electron chi connectivity index (χ4n) is 13.3. The standard InChI is InChI=1S/C42H70N2O5/c1-27(2)29-17-22-42(37(49)43-25-13-11-9-10-12-14-34(46)44-26-28(3)36(47)48)24-23-40(7)30(35(29)42)15-16-32-39(6)20-19-33(45)38(4,5)31(39)18-21-41(32,40)8/h28-33,35,45H,1,9-26H2,2-8H3,(H,43,49)(H,44,46)(H,47,48)/t28-,29+,30-,31+,32-,33+,35-,39+,40-,41-,42+/m1/s1. The maximum atomic E-state index is 14.4. The van der Waals surface area contributed by atoms with Gasteiger partial charge in [0.25, 0.3) is 0 Å². The number of carbonyl (C=O) groups is 3. The second-order valence-electron chi connectivity index (χ2n) is 19.0. The first-order valence-corrected chi connectivity index (χ1v) is 20.1. The zero-order chi connectivity index (χ0) is 36.0. The molecule has 278 valence electrons. The van der Waals surface area contributed by atoms with E-state index in [2.05, 4.69) is 58.8 Å². The third-order valence-electron chi connectivity index (χ3n) is 16.4. The van der Waals surface area contributed by atoms with Crippen LogP contribution in [-0.4, -0.2) is 47.2 Å². The normalized spacial score (nSPS) is 41.3. The Morgan fingerprint density at radius 3 is 2.18 bits per heavy atom. The highest BCUT2D eigenvalue weighted by Crippen LogP contribution is 2.77. The SMILES string of the molecule is C=C(C)[C@@H]1CC[C@]2(C(=O)NCCCCCCCC(=O)NC[C@@H](C)C(=O)O)CC[C@]3(C)[C@H](CC[C@@H]4[C@@]5(C)CC[C@H](O)C(C)(C)[C@@H]5CC[C@]43C)[C@@H]12. The van der Waals surface area contributed by atoms with Crippen LogP contribution < -0.4 is 10.6 Å². The third kappa shape index (κ3) is 6.54. The second-order valence-corrected chi connectivity index (χ2v) is 19.0. The number of carbonyl (C=O) groups excluding carboxylic acids is 2. The Morgan fingerprint density at radius 2 is 1.49 bits per heavy atom. The molecule has 5 fully saturated rings. The van der Waals surface area contributed by atoms with Crippen molar-refractivity contribution in [3.05, 3.63) is 12.2 Å². The van der Waals surface area contributed by atoms with E-state index in [0.717, 1.165) is 70.6 Å². The number of carboxylic acid groups (broad SMARTS) is 1. The highest BCUT2D eigenvalue weighted by molar-refractivity contribution is 5.84. The molecule has 5 aliphatic rings. The number of aliphatic carboxylic acids is 1. The van der Waals surface area contributed by atoms with Gasteiger partial charge < -0.3 is 20.8 Å². The number of fused-ring (bicyclic) bond motifs is 7. The van der Waals surface area contributed by atoms with Gasteiger partial charge in [0.05, 0.1) is 17.4 Å². The van der Waals surface area contributed by atoms with Crippen LogP contribution >= 0.6 is 0 Å². The van der Waals surface area contributed by atoms with Crippen molar-refractivity contribution in [2.45, 2.75) is 157 Å². The Hall–Kier alpha value is -1.89. The number of rotatable bonds is 13. The van der Waals surface area contributed by atoms with E-state index in [-0.39, 0.29) is 45.6 Å². The van der Waals surface area contributed by atoms with Crippen LogP contribution in [0, 0.1) is 62.6 Å². The number of hydrogen-bond donors (Lipinski definition) is 4. The van der Waals surface area contributed by atoms with Crippen molar-refractivity contribution < 1.29 is 24.6 Å². The number of nitrogens with one attached hydrogen (secondary N) is 2. The van der Waals surface area contributed by atoms with Crippen LogP contribution in [0.25, 0.3) is 0 Å². The van der Waals surface area contributed by atoms with Gasteiger partial charge >= 0.3 is 5.97 Å². The van der Waals surface area contributed by atoms with E-state index >= 15 is 0 Å². The number of unbranched alkanes of at least 4 members (excludes halogenated alkanes) is 4. The van der Waals surface area contributed by atoms with Crippen LogP contribution in [0.5, 0.6) is 0 Å². The van der Waals surface area contributed by atoms with Crippen LogP contribution in [0.4, 0.5) is 0 Å². The largest absolute Gasteiger partial charge is 0.481 e. The maximum absolute atomic E-state index is 14.4. The molecule has 0 bridgehead atoms. The summed E-state index contributed by atoms with van der Waals surface area (Å²) in [5.41, 5.74) is 1.62. The molecule has 11 atom stereocenters. The van der Waals surface area contributed by atoms with Gasteiger partial charge in [-0.05, 0) is 135 Å². The van der Waals surface area contributed by atoms with Crippen LogP contribution in [0.3, 0.4) is 0 Å². The van der Waals surface area contributed by atoms with E-state index in [1.807, 2.05) is 0 Å². The molecule has 0 radical (unpaired) electrons. The Bertz CT molecular complexity index is 1260. The summed E-state index contributed by atoms with van der Waals surface area (Å²) in [6.45, 7) is 21.7. The quantitative estimate of drug-likeness (QED) is 0.115. The Kier molecular flexibility index (Phi) is 11.2. The number of allylic oxidation sites excluding steroid dienone is 1. The topological polar surface area (TPSA) is 116 Å². The Morgan fingerprint density at radius 1 is 0.796 bits per heavy atom. The van der Waals surface area contributed by atoms with Crippen molar-refractivity contribution in [1.29, 1.82) is 0 Å². The van der Waals surface area contributed by atoms with Gasteiger partial charge in [-0.1, -0.05) is 73.0 Å². The number of aliphatic hydroxyl groups is 1. The van der Waals surface area contributed by atoms with Gasteiger partial charge in [0.1, 0.15) is 0 Å². The third-order valence-corrected chi connectivity index (χ3v) is 16.4. The summed E-state index contributed by atoms with van der Waals surface area (Å²) in [4.78, 5) is 37.3. The molecule has 7 heteroatoms. The van der Waals surface area contributed by atoms with Crippen molar-refractivity contribution in [2.75, 3.05) is 13.1 Å². The summed E-state index contributed by atoms with van der Waals surface area (Å²) in [5.74, 6) is 1.27. The average molecular weight is 683 g/mol. The molecule has 0 aromatic carbocycles. The second kappa shape index (κ2) is 14.3. The van der Waals surface area contributed by atoms with Gasteiger partial charge in [0.15, 0.2) is 0 Å². The minimum Gasteiger partial charge on any atom is -0.481 e. The lowest BCUT2D eigenvalue weighted by molar-refractivity contribution is -0.246. The van der Waals surface area contributed by atoms with E-state index in [1.165, 1.54) is 31.3 Å². The summed E-state index contributed by atoms with van der Waals surface area (Å²) in [6, 6.07) is 0. The molecule has 0 spiro atoms. The van der Waals surface area contributed by atoms with Crippen molar-refractivity contribution >= 4 is 17.8 Å². The van der Waals surface area contributed by atoms with Crippen LogP contribution in [0.2, 0.25) is 0 Å². The smallest absolute Gasteiger partial charge is 0.308 e. The fourth-order valence-corrected chi connectivity index (χ4v) is 13.3. The minimum absolute atomic E-state index is 0.0393. The molecule has 4 N–H and O–H groups in total. The van der Waals surface area contributed by atoms with Crippen LogP contribution in [-0.2, 0) is 14.4 Å². The Balaban J connectivity index is 1.19. The van der Waals surface area contributed by atoms with Crippen molar-refractivity contribution in [1.82, 2.24) is 10.6 Å². The first kappa shape index (κ1) is 38.3. The fraction of sp³-hybridized carbons (Fsp3) is 0.881. The van der Waals surface area contributed by atoms with Gasteiger partial charge in [0.2, 0.25) is 11.8 Å². The molecular weight excluding hydrogens is 612 g/mol. The summed E-state index contributed by atoms with van der Waals surface area (Å²) in [6.07, 6.45) is 16.1. The first-order chi connectivity index (χ1) is 23.0. The number of carboxylic acids is 1. The minimum atomic E-state index is -0.896. The predicted molar refractivity (Wildman–Crippen MR) is 195 cm³/mol. The summed E-state index contributed by atoms with van der Waals surface area (Å²) < 4.78 is 0.